The van der Waals surface area contributed by atoms with Crippen molar-refractivity contribution >= 4 is 28.9 Å². The number of aliphatic hydroxyl groups excluding tert-OH is 1. The van der Waals surface area contributed by atoms with Gasteiger partial charge in [0.1, 0.15) is 18.5 Å². The molecule has 1 aromatic carbocycles. The quantitative estimate of drug-likeness (QED) is 0.778. The van der Waals surface area contributed by atoms with E-state index in [1.165, 1.54) is 0 Å². The van der Waals surface area contributed by atoms with Gasteiger partial charge in [-0.2, -0.15) is 0 Å². The largest absolute Gasteiger partial charge is 0.490 e. The molecular formula is C11H11Cl2NO2. The van der Waals surface area contributed by atoms with Crippen LogP contribution in [-0.4, -0.2) is 30.1 Å². The van der Waals surface area contributed by atoms with Crippen LogP contribution < -0.4 is 4.74 Å². The first-order valence-electron chi connectivity index (χ1n) is 4.89. The SMILES string of the molecule is CC1=NCC(O)COc2cc(Cl)cc(Cl)c21. The van der Waals surface area contributed by atoms with Crippen molar-refractivity contribution in [3.05, 3.63) is 27.7 Å². The molecule has 0 bridgehead atoms. The van der Waals surface area contributed by atoms with Crippen molar-refractivity contribution in [2.24, 2.45) is 4.99 Å². The van der Waals surface area contributed by atoms with Crippen LogP contribution in [0.5, 0.6) is 5.75 Å². The number of hydrogen-bond donors (Lipinski definition) is 1. The summed E-state index contributed by atoms with van der Waals surface area (Å²) in [6, 6.07) is 3.34. The Balaban J connectivity index is 2.54. The molecule has 86 valence electrons. The zero-order valence-corrected chi connectivity index (χ0v) is 10.2. The molecule has 1 atom stereocenters. The van der Waals surface area contributed by atoms with Crippen LogP contribution in [0.15, 0.2) is 17.1 Å². The lowest BCUT2D eigenvalue weighted by Gasteiger charge is -2.18. The van der Waals surface area contributed by atoms with Gasteiger partial charge in [0.05, 0.1) is 17.1 Å². The molecule has 0 spiro atoms. The fraction of sp³-hybridized carbons (Fsp3) is 0.364. The number of aliphatic imine (C=N–C) groups is 1. The topological polar surface area (TPSA) is 41.8 Å². The summed E-state index contributed by atoms with van der Waals surface area (Å²) in [5, 5.41) is 10.5. The fourth-order valence-electron chi connectivity index (χ4n) is 1.57. The molecule has 1 N–H and O–H groups in total. The van der Waals surface area contributed by atoms with Crippen LogP contribution in [0, 0.1) is 0 Å². The molecule has 5 heteroatoms. The van der Waals surface area contributed by atoms with Crippen LogP contribution >= 0.6 is 23.2 Å². The zero-order chi connectivity index (χ0) is 11.7. The molecule has 1 aliphatic rings. The lowest BCUT2D eigenvalue weighted by Crippen LogP contribution is -2.24. The molecule has 0 aromatic heterocycles. The first-order chi connectivity index (χ1) is 7.58. The summed E-state index contributed by atoms with van der Waals surface area (Å²) in [7, 11) is 0. The monoisotopic (exact) mass is 259 g/mol. The molecular weight excluding hydrogens is 249 g/mol. The summed E-state index contributed by atoms with van der Waals surface area (Å²) < 4.78 is 5.47. The highest BCUT2D eigenvalue weighted by atomic mass is 35.5. The Hall–Kier alpha value is -0.770. The molecule has 3 nitrogen and oxygen atoms in total. The highest BCUT2D eigenvalue weighted by molar-refractivity contribution is 6.37. The van der Waals surface area contributed by atoms with Crippen molar-refractivity contribution in [3.8, 4) is 5.75 Å². The summed E-state index contributed by atoms with van der Waals surface area (Å²) in [4.78, 5) is 4.26. The van der Waals surface area contributed by atoms with Crippen molar-refractivity contribution < 1.29 is 9.84 Å². The fourth-order valence-corrected chi connectivity index (χ4v) is 2.19. The zero-order valence-electron chi connectivity index (χ0n) is 8.70. The van der Waals surface area contributed by atoms with Crippen molar-refractivity contribution in [2.75, 3.05) is 13.2 Å². The van der Waals surface area contributed by atoms with E-state index in [0.29, 0.717) is 22.3 Å². The van der Waals surface area contributed by atoms with Crippen LogP contribution in [0.3, 0.4) is 0 Å². The predicted octanol–water partition coefficient (Wildman–Crippen LogP) is 2.56. The van der Waals surface area contributed by atoms with Crippen LogP contribution in [0.25, 0.3) is 0 Å². The maximum absolute atomic E-state index is 9.50. The Morgan fingerprint density at radius 1 is 1.44 bits per heavy atom. The summed E-state index contributed by atoms with van der Waals surface area (Å²) in [6.07, 6.45) is -0.596. The van der Waals surface area contributed by atoms with E-state index in [0.717, 1.165) is 11.3 Å². The highest BCUT2D eigenvalue weighted by Gasteiger charge is 2.17. The standard InChI is InChI=1S/C11H11Cl2NO2/c1-6-11-9(13)2-7(12)3-10(11)16-5-8(15)4-14-6/h2-3,8,15H,4-5H2,1H3. The van der Waals surface area contributed by atoms with Gasteiger partial charge in [-0.15, -0.1) is 0 Å². The first kappa shape index (κ1) is 11.7. The van der Waals surface area contributed by atoms with E-state index in [9.17, 15) is 5.11 Å². The summed E-state index contributed by atoms with van der Waals surface area (Å²) in [6.45, 7) is 2.35. The lowest BCUT2D eigenvalue weighted by molar-refractivity contribution is 0.113. The van der Waals surface area contributed by atoms with E-state index >= 15 is 0 Å². The minimum absolute atomic E-state index is 0.195. The van der Waals surface area contributed by atoms with Crippen LogP contribution in [0.4, 0.5) is 0 Å². The number of halogens is 2. The van der Waals surface area contributed by atoms with Gasteiger partial charge in [-0.3, -0.25) is 4.99 Å². The van der Waals surface area contributed by atoms with Crippen LogP contribution in [0.1, 0.15) is 12.5 Å². The minimum Gasteiger partial charge on any atom is -0.490 e. The van der Waals surface area contributed by atoms with E-state index in [-0.39, 0.29) is 6.61 Å². The lowest BCUT2D eigenvalue weighted by atomic mass is 10.1. The van der Waals surface area contributed by atoms with Gasteiger partial charge >= 0.3 is 0 Å². The predicted molar refractivity (Wildman–Crippen MR) is 65.0 cm³/mol. The molecule has 1 heterocycles. The summed E-state index contributed by atoms with van der Waals surface area (Å²) in [5.74, 6) is 0.567. The number of benzene rings is 1. The maximum atomic E-state index is 9.50. The van der Waals surface area contributed by atoms with Crippen LogP contribution in [0.2, 0.25) is 10.0 Å². The molecule has 0 saturated heterocycles. The van der Waals surface area contributed by atoms with E-state index < -0.39 is 6.10 Å². The second-order valence-corrected chi connectivity index (χ2v) is 4.50. The highest BCUT2D eigenvalue weighted by Crippen LogP contribution is 2.32. The number of ether oxygens (including phenoxy) is 1. The maximum Gasteiger partial charge on any atom is 0.131 e. The second-order valence-electron chi connectivity index (χ2n) is 3.65. The van der Waals surface area contributed by atoms with Crippen LogP contribution in [-0.2, 0) is 0 Å². The van der Waals surface area contributed by atoms with Gasteiger partial charge in [-0.05, 0) is 19.1 Å². The smallest absolute Gasteiger partial charge is 0.131 e. The Morgan fingerprint density at radius 3 is 2.94 bits per heavy atom. The molecule has 0 saturated carbocycles. The average Bonchev–Trinajstić information content (AvgIpc) is 2.20. The number of rotatable bonds is 0. The van der Waals surface area contributed by atoms with Crippen molar-refractivity contribution in [1.82, 2.24) is 0 Å². The average molecular weight is 260 g/mol. The van der Waals surface area contributed by atoms with Gasteiger partial charge in [0.25, 0.3) is 0 Å². The molecule has 2 rings (SSSR count). The minimum atomic E-state index is -0.596. The molecule has 0 amide bonds. The number of fused-ring (bicyclic) bond motifs is 1. The van der Waals surface area contributed by atoms with Gasteiger partial charge in [-0.1, -0.05) is 23.2 Å². The first-order valence-corrected chi connectivity index (χ1v) is 5.65. The van der Waals surface area contributed by atoms with Crippen molar-refractivity contribution in [1.29, 1.82) is 0 Å². The third-order valence-corrected chi connectivity index (χ3v) is 2.87. The Morgan fingerprint density at radius 2 is 2.19 bits per heavy atom. The molecule has 1 aliphatic heterocycles. The summed E-state index contributed by atoms with van der Waals surface area (Å²) >= 11 is 12.0. The Labute approximate surface area is 104 Å². The normalized spacial score (nSPS) is 20.2. The molecule has 0 aliphatic carbocycles. The van der Waals surface area contributed by atoms with Gasteiger partial charge < -0.3 is 9.84 Å². The third-order valence-electron chi connectivity index (χ3n) is 2.35. The molecule has 16 heavy (non-hydrogen) atoms. The molecule has 0 fully saturated rings. The Bertz CT molecular complexity index is 446. The Kier molecular flexibility index (Phi) is 3.38. The molecule has 1 unspecified atom stereocenters. The number of nitrogens with zero attached hydrogens (tertiary/aromatic N) is 1. The van der Waals surface area contributed by atoms with E-state index in [4.69, 9.17) is 27.9 Å². The third kappa shape index (κ3) is 2.32. The van der Waals surface area contributed by atoms with E-state index in [2.05, 4.69) is 4.99 Å². The number of aliphatic hydroxyl groups is 1. The van der Waals surface area contributed by atoms with Gasteiger partial charge in [-0.25, -0.2) is 0 Å². The van der Waals surface area contributed by atoms with Gasteiger partial charge in [0.15, 0.2) is 0 Å². The van der Waals surface area contributed by atoms with Gasteiger partial charge in [0, 0.05) is 10.7 Å². The van der Waals surface area contributed by atoms with Crippen molar-refractivity contribution in [3.63, 3.8) is 0 Å². The second kappa shape index (κ2) is 4.62. The van der Waals surface area contributed by atoms with Crippen molar-refractivity contribution in [2.45, 2.75) is 13.0 Å². The van der Waals surface area contributed by atoms with Gasteiger partial charge in [0.2, 0.25) is 0 Å². The number of hydrogen-bond acceptors (Lipinski definition) is 3. The molecule has 1 aromatic rings. The van der Waals surface area contributed by atoms with E-state index in [1.54, 1.807) is 12.1 Å². The van der Waals surface area contributed by atoms with E-state index in [1.807, 2.05) is 6.92 Å². The summed E-state index contributed by atoms with van der Waals surface area (Å²) in [5.41, 5.74) is 1.49. The molecule has 0 radical (unpaired) electrons.